The van der Waals surface area contributed by atoms with Gasteiger partial charge in [-0.3, -0.25) is 0 Å². The van der Waals surface area contributed by atoms with Crippen LogP contribution in [0.3, 0.4) is 0 Å². The summed E-state index contributed by atoms with van der Waals surface area (Å²) < 4.78 is 46.7. The van der Waals surface area contributed by atoms with E-state index in [1.54, 1.807) is 27.7 Å². The average Bonchev–Trinajstić information content (AvgIpc) is 1.38. The molecule has 0 bridgehead atoms. The van der Waals surface area contributed by atoms with Crippen molar-refractivity contribution in [2.45, 2.75) is 384 Å². The Hall–Kier alpha value is -1.64. The first-order valence-corrected chi connectivity index (χ1v) is 42.0. The highest BCUT2D eigenvalue weighted by atomic mass is 16.7. The quantitative estimate of drug-likeness (QED) is 0.0691. The van der Waals surface area contributed by atoms with Crippen LogP contribution in [0.2, 0.25) is 0 Å². The summed E-state index contributed by atoms with van der Waals surface area (Å²) in [7, 11) is 0. The minimum Gasteiger partial charge on any atom is -0.394 e. The van der Waals surface area contributed by atoms with E-state index in [0.717, 1.165) is 64.2 Å². The van der Waals surface area contributed by atoms with Crippen molar-refractivity contribution in [2.24, 2.45) is 90.7 Å². The fraction of sp³-hybridized carbons (Fsp3) is 0.952. The molecule has 28 nitrogen and oxygen atoms in total. The van der Waals surface area contributed by atoms with Crippen molar-refractivity contribution in [1.82, 2.24) is 0 Å². The van der Waals surface area contributed by atoms with Crippen LogP contribution in [0.25, 0.3) is 0 Å². The zero-order valence-corrected chi connectivity index (χ0v) is 69.1. The third-order valence-electron chi connectivity index (χ3n) is 33.1. The molecule has 0 aromatic heterocycles. The van der Waals surface area contributed by atoms with Crippen LogP contribution < -0.4 is 0 Å². The van der Waals surface area contributed by atoms with Gasteiger partial charge in [-0.1, -0.05) is 106 Å². The molecule has 12 aliphatic rings. The van der Waals surface area contributed by atoms with E-state index < -0.39 is 196 Å². The number of rotatable bonds is 22. The average molecular weight is 1600 g/mol. The maximum atomic E-state index is 12.4. The van der Waals surface area contributed by atoms with Crippen LogP contribution in [-0.4, -0.2) is 299 Å². The Bertz CT molecular complexity index is 3210. The zero-order chi connectivity index (χ0) is 83.0. The van der Waals surface area contributed by atoms with Gasteiger partial charge in [0.25, 0.3) is 0 Å². The van der Waals surface area contributed by atoms with E-state index in [2.05, 4.69) is 95.2 Å². The highest BCUT2D eigenvalue weighted by molar-refractivity contribution is 5.34. The van der Waals surface area contributed by atoms with Crippen LogP contribution in [0.1, 0.15) is 214 Å². The Morgan fingerprint density at radius 1 is 0.420 bits per heavy atom. The molecule has 10 fully saturated rings. The summed E-state index contributed by atoms with van der Waals surface area (Å²) in [6.45, 7) is 31.5. The van der Waals surface area contributed by atoms with Crippen molar-refractivity contribution >= 4 is 0 Å². The monoisotopic (exact) mass is 1600 g/mol. The fourth-order valence-corrected chi connectivity index (χ4v) is 25.2. The fourth-order valence-electron chi connectivity index (χ4n) is 25.2. The zero-order valence-electron chi connectivity index (χ0n) is 69.1. The second-order valence-electron chi connectivity index (χ2n) is 40.5. The number of aliphatic hydroxyl groups is 20. The van der Waals surface area contributed by atoms with E-state index in [9.17, 15) is 102 Å². The number of ether oxygens (including phenoxy) is 8. The Balaban J connectivity index is 0.000000221. The predicted octanol–water partition coefficient (Wildman–Crippen LogP) is 2.24. The lowest BCUT2D eigenvalue weighted by Gasteiger charge is -2.67. The largest absolute Gasteiger partial charge is 0.394 e. The molecule has 6 unspecified atom stereocenters. The van der Waals surface area contributed by atoms with Crippen LogP contribution in [0.5, 0.6) is 0 Å². The number of allylic oxidation sites excluding steroid dienone is 2. The molecule has 12 rings (SSSR count). The van der Waals surface area contributed by atoms with E-state index in [1.807, 2.05) is 0 Å². The molecule has 40 atom stereocenters. The number of fused-ring (bicyclic) bond motifs is 10. The molecule has 0 aromatic rings. The molecule has 0 radical (unpaired) electrons. The van der Waals surface area contributed by atoms with E-state index in [4.69, 9.17) is 37.9 Å². The lowest BCUT2D eigenvalue weighted by Crippen LogP contribution is -2.65. The number of hydrogen-bond acceptors (Lipinski definition) is 28. The van der Waals surface area contributed by atoms with Gasteiger partial charge in [-0.05, 0) is 199 Å². The van der Waals surface area contributed by atoms with E-state index in [-0.39, 0.29) is 73.6 Å². The minimum atomic E-state index is -1.71. The molecule has 4 heterocycles. The van der Waals surface area contributed by atoms with Crippen LogP contribution in [0.4, 0.5) is 0 Å². The molecular formula is C84H144O28. The first-order valence-electron chi connectivity index (χ1n) is 42.0. The molecule has 0 spiro atoms. The Labute approximate surface area is 661 Å². The maximum absolute atomic E-state index is 12.4. The van der Waals surface area contributed by atoms with Crippen molar-refractivity contribution < 1.29 is 140 Å². The van der Waals surface area contributed by atoms with Crippen molar-refractivity contribution in [3.05, 3.63) is 23.3 Å². The summed E-state index contributed by atoms with van der Waals surface area (Å²) in [5, 5.41) is 213. The second kappa shape index (κ2) is 33.3. The highest BCUT2D eigenvalue weighted by Gasteiger charge is 2.73. The van der Waals surface area contributed by atoms with Gasteiger partial charge in [0.15, 0.2) is 25.2 Å². The topological polar surface area (TPSA) is 478 Å². The van der Waals surface area contributed by atoms with Gasteiger partial charge in [0.05, 0.1) is 74.3 Å². The summed E-state index contributed by atoms with van der Waals surface area (Å²) in [6.07, 6.45) is -16.5. The Kier molecular flexibility index (Phi) is 27.1. The standard InChI is InChI=1S/2C42H72O14/c1-20(21-15-16-40(6)26-12-10-22-23(11-13-27(44)38(22,2)3)42(26,8)28(45)17-41(21,40)7)9-14-29(39(4,5)52)56-37-35(51)33(49)31(47)25(55-37)19-53-36-34(50)32(48)30(46)24(18-43)54-36;1-20(9-13-27(44)39(4,5)52)21-15-16-40(6)26-12-10-22-23(42(26,8)28(45)17-41(21,40)7)11-14-29(38(22,2)3)56-37-35(51)33(49)31(47)25(55-37)19-53-36-34(50)32(48)30(46)24(18-43)54-36/h2*10,20-21,23-37,43-52H,9,11-19H2,1-8H3/t20-,21?,23?,24-,25-,26?,27+,28-,29-,30-,31-,32+,33+,34-,35-,36-,37+,40+,41-,42+;20-,21?,23?,24-,25-,26?,27-,28-,29+,30-,31-,32+,33+,34-,35-,36-,37+,40+,41-,42+/m11/s1. The molecule has 648 valence electrons. The molecule has 6 saturated carbocycles. The lowest BCUT2D eigenvalue weighted by molar-refractivity contribution is -0.341. The van der Waals surface area contributed by atoms with Gasteiger partial charge >= 0.3 is 0 Å². The number of hydrogen-bond donors (Lipinski definition) is 20. The molecular weight excluding hydrogens is 1460 g/mol. The summed E-state index contributed by atoms with van der Waals surface area (Å²) >= 11 is 0. The normalized spacial score (nSPS) is 50.3. The van der Waals surface area contributed by atoms with Gasteiger partial charge in [0, 0.05) is 21.7 Å². The molecule has 0 amide bonds. The maximum Gasteiger partial charge on any atom is 0.187 e. The van der Waals surface area contributed by atoms with E-state index in [1.165, 1.54) is 11.1 Å². The van der Waals surface area contributed by atoms with E-state index in [0.29, 0.717) is 56.3 Å². The van der Waals surface area contributed by atoms with Gasteiger partial charge in [-0.15, -0.1) is 0 Å². The summed E-state index contributed by atoms with van der Waals surface area (Å²) in [5.74, 6) is 2.05. The van der Waals surface area contributed by atoms with Crippen molar-refractivity contribution in [2.75, 3.05) is 26.4 Å². The SMILES string of the molecule is C[C@H](CC[C@@H](O)C(C)(C)O)C1CC[C@@]2(C)C3CC=C4C(CC[C@H](O[C@@H]5O[C@H](CO[C@@H]6O[C@H](CO)[C@@H](O)[C@H](O)[C@H]6O)[C@@H](O)[C@H](O)[C@H]5O)C4(C)C)[C@]3(C)[C@H](O)C[C@]12C.C[C@H](CC[C@@H](O[C@@H]1O[C@H](CO[C@@H]2O[C@H](CO)[C@@H](O)[C@H](O)[C@H]2O)[C@@H](O)[C@H](O)[C@H]1O)C(C)(C)O)C1CC[C@@]2(C)C3CC=C4C(CC[C@H](O)C4(C)C)[C@]3(C)[C@H](O)C[C@]12C. The molecule has 28 heteroatoms. The van der Waals surface area contributed by atoms with Crippen molar-refractivity contribution in [3.63, 3.8) is 0 Å². The van der Waals surface area contributed by atoms with Crippen LogP contribution in [0, 0.1) is 90.7 Å². The number of aliphatic hydroxyl groups excluding tert-OH is 18. The van der Waals surface area contributed by atoms with Gasteiger partial charge in [0.1, 0.15) is 97.7 Å². The third kappa shape index (κ3) is 15.7. The Morgan fingerprint density at radius 2 is 0.795 bits per heavy atom. The first-order chi connectivity index (χ1) is 51.9. The minimum absolute atomic E-state index is 0.0159. The highest BCUT2D eigenvalue weighted by Crippen LogP contribution is 2.77. The molecule has 8 aliphatic carbocycles. The molecule has 4 saturated heterocycles. The Morgan fingerprint density at radius 3 is 1.21 bits per heavy atom. The molecule has 0 aromatic carbocycles. The smallest absolute Gasteiger partial charge is 0.187 e. The van der Waals surface area contributed by atoms with E-state index >= 15 is 0 Å². The van der Waals surface area contributed by atoms with Crippen LogP contribution in [0.15, 0.2) is 23.3 Å². The summed E-state index contributed by atoms with van der Waals surface area (Å²) in [5.41, 5.74) is -1.83. The van der Waals surface area contributed by atoms with Gasteiger partial charge in [-0.2, -0.15) is 0 Å². The van der Waals surface area contributed by atoms with Gasteiger partial charge < -0.3 is 140 Å². The summed E-state index contributed by atoms with van der Waals surface area (Å²) in [6, 6.07) is 0. The van der Waals surface area contributed by atoms with Gasteiger partial charge in [0.2, 0.25) is 0 Å². The van der Waals surface area contributed by atoms with Crippen molar-refractivity contribution in [1.29, 1.82) is 0 Å². The predicted molar refractivity (Wildman–Crippen MR) is 405 cm³/mol. The van der Waals surface area contributed by atoms with Gasteiger partial charge in [-0.25, -0.2) is 0 Å². The van der Waals surface area contributed by atoms with Crippen molar-refractivity contribution in [3.8, 4) is 0 Å². The van der Waals surface area contributed by atoms with Crippen LogP contribution >= 0.6 is 0 Å². The van der Waals surface area contributed by atoms with Crippen LogP contribution in [-0.2, 0) is 37.9 Å². The molecule has 4 aliphatic heterocycles. The summed E-state index contributed by atoms with van der Waals surface area (Å²) in [4.78, 5) is 0. The lowest BCUT2D eigenvalue weighted by atomic mass is 9.38. The third-order valence-corrected chi connectivity index (χ3v) is 33.1. The first kappa shape index (κ1) is 91.1. The molecule has 112 heavy (non-hydrogen) atoms. The second-order valence-corrected chi connectivity index (χ2v) is 40.5. The molecule has 20 N–H and O–H groups in total.